The van der Waals surface area contributed by atoms with Gasteiger partial charge in [0.15, 0.2) is 0 Å². The van der Waals surface area contributed by atoms with Gasteiger partial charge < -0.3 is 9.88 Å². The molecule has 0 atom stereocenters. The fourth-order valence-corrected chi connectivity index (χ4v) is 1.94. The largest absolute Gasteiger partial charge is 0.416 e. The molecule has 0 aliphatic heterocycles. The normalized spacial score (nSPS) is 11.6. The van der Waals surface area contributed by atoms with Crippen LogP contribution in [-0.2, 0) is 19.3 Å². The summed E-state index contributed by atoms with van der Waals surface area (Å²) in [4.78, 5) is 11.4. The van der Waals surface area contributed by atoms with Gasteiger partial charge >= 0.3 is 6.18 Å². The lowest BCUT2D eigenvalue weighted by Crippen LogP contribution is -2.25. The summed E-state index contributed by atoms with van der Waals surface area (Å²) in [6.45, 7) is 1.30. The average Bonchev–Trinajstić information content (AvgIpc) is 2.45. The summed E-state index contributed by atoms with van der Waals surface area (Å²) in [5.74, 6) is 0. The van der Waals surface area contributed by atoms with Crippen molar-refractivity contribution in [3.8, 4) is 0 Å². The lowest BCUT2D eigenvalue weighted by molar-refractivity contribution is -0.137. The van der Waals surface area contributed by atoms with E-state index < -0.39 is 11.7 Å². The highest BCUT2D eigenvalue weighted by molar-refractivity contribution is 5.25. The predicted octanol–water partition coefficient (Wildman–Crippen LogP) is 2.66. The molecule has 6 heteroatoms. The molecule has 0 amide bonds. The van der Waals surface area contributed by atoms with E-state index in [4.69, 9.17) is 0 Å². The topological polar surface area (TPSA) is 34.0 Å². The van der Waals surface area contributed by atoms with Gasteiger partial charge in [0.25, 0.3) is 5.56 Å². The Balaban J connectivity index is 1.87. The average molecular weight is 296 g/mol. The Morgan fingerprint density at radius 2 is 1.90 bits per heavy atom. The molecule has 0 aliphatic rings. The van der Waals surface area contributed by atoms with E-state index in [1.54, 1.807) is 29.0 Å². The van der Waals surface area contributed by atoms with Gasteiger partial charge in [0.1, 0.15) is 0 Å². The second-order valence-corrected chi connectivity index (χ2v) is 4.61. The number of hydrogen-bond acceptors (Lipinski definition) is 2. The van der Waals surface area contributed by atoms with E-state index in [0.29, 0.717) is 25.2 Å². The van der Waals surface area contributed by atoms with E-state index in [1.807, 2.05) is 0 Å². The van der Waals surface area contributed by atoms with Crippen LogP contribution in [0.15, 0.2) is 53.5 Å². The summed E-state index contributed by atoms with van der Waals surface area (Å²) < 4.78 is 39.2. The molecule has 0 saturated heterocycles. The maximum Gasteiger partial charge on any atom is 0.416 e. The Labute approximate surface area is 120 Å². The van der Waals surface area contributed by atoms with Crippen LogP contribution in [0.25, 0.3) is 0 Å². The van der Waals surface area contributed by atoms with Crippen molar-refractivity contribution < 1.29 is 13.2 Å². The molecule has 1 aromatic heterocycles. The lowest BCUT2D eigenvalue weighted by Gasteiger charge is -2.10. The van der Waals surface area contributed by atoms with Crippen LogP contribution in [0.2, 0.25) is 0 Å². The van der Waals surface area contributed by atoms with Crippen molar-refractivity contribution in [2.24, 2.45) is 0 Å². The highest BCUT2D eigenvalue weighted by Gasteiger charge is 2.30. The van der Waals surface area contributed by atoms with E-state index in [9.17, 15) is 18.0 Å². The first-order valence-corrected chi connectivity index (χ1v) is 6.49. The Morgan fingerprint density at radius 1 is 1.10 bits per heavy atom. The number of pyridine rings is 1. The number of benzene rings is 1. The third kappa shape index (κ3) is 4.46. The molecule has 1 aromatic carbocycles. The third-order valence-corrected chi connectivity index (χ3v) is 3.01. The Hall–Kier alpha value is -2.08. The van der Waals surface area contributed by atoms with Gasteiger partial charge in [0.2, 0.25) is 0 Å². The van der Waals surface area contributed by atoms with Crippen molar-refractivity contribution in [2.45, 2.75) is 19.3 Å². The fourth-order valence-electron chi connectivity index (χ4n) is 1.94. The molecular formula is C15H15F3N2O. The molecule has 112 valence electrons. The number of hydrogen-bond donors (Lipinski definition) is 1. The van der Waals surface area contributed by atoms with Crippen LogP contribution in [0.5, 0.6) is 0 Å². The third-order valence-electron chi connectivity index (χ3n) is 3.01. The van der Waals surface area contributed by atoms with Crippen LogP contribution in [0.4, 0.5) is 13.2 Å². The molecule has 0 spiro atoms. The van der Waals surface area contributed by atoms with Crippen LogP contribution in [0, 0.1) is 0 Å². The van der Waals surface area contributed by atoms with Gasteiger partial charge in [0, 0.05) is 31.9 Å². The second kappa shape index (κ2) is 6.58. The number of halogens is 3. The zero-order chi connectivity index (χ0) is 15.3. The van der Waals surface area contributed by atoms with Crippen LogP contribution in [-0.4, -0.2) is 11.1 Å². The predicted molar refractivity (Wildman–Crippen MR) is 73.9 cm³/mol. The Kier molecular flexibility index (Phi) is 4.80. The second-order valence-electron chi connectivity index (χ2n) is 4.61. The van der Waals surface area contributed by atoms with Gasteiger partial charge in [-0.25, -0.2) is 0 Å². The highest BCUT2D eigenvalue weighted by atomic mass is 19.4. The molecule has 0 fully saturated rings. The van der Waals surface area contributed by atoms with E-state index in [0.717, 1.165) is 12.1 Å². The number of nitrogens with zero attached hydrogens (tertiary/aromatic N) is 1. The Morgan fingerprint density at radius 3 is 2.62 bits per heavy atom. The standard InChI is InChI=1S/C15H15F3N2O/c16-15(17,18)13-5-3-4-12(10-13)11-19-7-9-20-8-2-1-6-14(20)21/h1-6,8,10,19H,7,9,11H2. The molecule has 0 radical (unpaired) electrons. The van der Waals surface area contributed by atoms with Crippen molar-refractivity contribution in [1.29, 1.82) is 0 Å². The first-order valence-electron chi connectivity index (χ1n) is 6.49. The summed E-state index contributed by atoms with van der Waals surface area (Å²) in [5.41, 5.74) is -0.190. The van der Waals surface area contributed by atoms with E-state index in [1.165, 1.54) is 12.1 Å². The molecule has 0 bridgehead atoms. The maximum atomic E-state index is 12.6. The molecule has 1 N–H and O–H groups in total. The van der Waals surface area contributed by atoms with Gasteiger partial charge in [-0.1, -0.05) is 24.3 Å². The minimum absolute atomic E-state index is 0.0987. The summed E-state index contributed by atoms with van der Waals surface area (Å²) in [6, 6.07) is 10.1. The van der Waals surface area contributed by atoms with E-state index >= 15 is 0 Å². The molecule has 3 nitrogen and oxygen atoms in total. The maximum absolute atomic E-state index is 12.6. The van der Waals surface area contributed by atoms with Crippen molar-refractivity contribution in [2.75, 3.05) is 6.54 Å². The van der Waals surface area contributed by atoms with Crippen LogP contribution < -0.4 is 10.9 Å². The lowest BCUT2D eigenvalue weighted by atomic mass is 10.1. The van der Waals surface area contributed by atoms with Gasteiger partial charge in [-0.2, -0.15) is 13.2 Å². The monoisotopic (exact) mass is 296 g/mol. The summed E-state index contributed by atoms with van der Waals surface area (Å²) in [7, 11) is 0. The van der Waals surface area contributed by atoms with Crippen molar-refractivity contribution in [3.05, 3.63) is 70.1 Å². The smallest absolute Gasteiger partial charge is 0.314 e. The fraction of sp³-hybridized carbons (Fsp3) is 0.267. The van der Waals surface area contributed by atoms with Crippen LogP contribution >= 0.6 is 0 Å². The molecule has 0 saturated carbocycles. The van der Waals surface area contributed by atoms with Gasteiger partial charge in [-0.3, -0.25) is 4.79 Å². The molecule has 21 heavy (non-hydrogen) atoms. The minimum Gasteiger partial charge on any atom is -0.314 e. The van der Waals surface area contributed by atoms with Gasteiger partial charge in [-0.05, 0) is 17.7 Å². The Bertz CT molecular complexity index is 650. The quantitative estimate of drug-likeness (QED) is 0.861. The molecule has 2 rings (SSSR count). The number of aromatic nitrogens is 1. The zero-order valence-electron chi connectivity index (χ0n) is 11.2. The van der Waals surface area contributed by atoms with Gasteiger partial charge in [0.05, 0.1) is 5.56 Å². The first kappa shape index (κ1) is 15.3. The molecule has 0 unspecified atom stereocenters. The molecule has 2 aromatic rings. The number of rotatable bonds is 5. The van der Waals surface area contributed by atoms with Crippen molar-refractivity contribution >= 4 is 0 Å². The molecule has 1 heterocycles. The zero-order valence-corrected chi connectivity index (χ0v) is 11.2. The summed E-state index contributed by atoms with van der Waals surface area (Å²) in [6.07, 6.45) is -2.65. The summed E-state index contributed by atoms with van der Waals surface area (Å²) in [5, 5.41) is 3.03. The number of alkyl halides is 3. The SMILES string of the molecule is O=c1ccccn1CCNCc1cccc(C(F)(F)F)c1. The van der Waals surface area contributed by atoms with Crippen molar-refractivity contribution in [3.63, 3.8) is 0 Å². The minimum atomic E-state index is -4.33. The number of nitrogens with one attached hydrogen (secondary N) is 1. The summed E-state index contributed by atoms with van der Waals surface area (Å²) >= 11 is 0. The molecular weight excluding hydrogens is 281 g/mol. The van der Waals surface area contributed by atoms with Gasteiger partial charge in [-0.15, -0.1) is 0 Å². The van der Waals surface area contributed by atoms with Crippen molar-refractivity contribution in [1.82, 2.24) is 9.88 Å². The first-order chi connectivity index (χ1) is 9.97. The van der Waals surface area contributed by atoms with E-state index in [2.05, 4.69) is 5.32 Å². The van der Waals surface area contributed by atoms with Crippen LogP contribution in [0.3, 0.4) is 0 Å². The molecule has 0 aliphatic carbocycles. The van der Waals surface area contributed by atoms with E-state index in [-0.39, 0.29) is 5.56 Å². The highest BCUT2D eigenvalue weighted by Crippen LogP contribution is 2.29. The van der Waals surface area contributed by atoms with Crippen LogP contribution in [0.1, 0.15) is 11.1 Å².